The maximum absolute atomic E-state index is 12.2. The number of benzene rings is 2. The Morgan fingerprint density at radius 2 is 1.86 bits per heavy atom. The Hall–Kier alpha value is -3.12. The number of rotatable bonds is 7. The molecule has 0 saturated heterocycles. The average molecular weight is 381 g/mol. The second kappa shape index (κ2) is 8.71. The second-order valence-corrected chi connectivity index (χ2v) is 6.90. The smallest absolute Gasteiger partial charge is 0.344 e. The number of fused-ring (bicyclic) bond motifs is 1. The van der Waals surface area contributed by atoms with Gasteiger partial charge in [0.2, 0.25) is 0 Å². The fraction of sp³-hybridized carbons (Fsp3) is 0.273. The van der Waals surface area contributed by atoms with Crippen LogP contribution in [0, 0.1) is 5.92 Å². The van der Waals surface area contributed by atoms with Gasteiger partial charge in [0, 0.05) is 5.39 Å². The van der Waals surface area contributed by atoms with E-state index in [0.717, 1.165) is 5.39 Å². The summed E-state index contributed by atoms with van der Waals surface area (Å²) in [7, 11) is 0. The number of amides is 1. The standard InChI is InChI=1S/C22H23NO5/c1-14(2)19(12-24)23-21(25)13-27-17-9-7-15(8-10-17)18-11-16-5-3-4-6-20(16)28-22(18)26/h3-11,14,19,24H,12-13H2,1-2H3,(H,23,25)/t19-/m0/s1. The van der Waals surface area contributed by atoms with Gasteiger partial charge in [-0.25, -0.2) is 4.79 Å². The van der Waals surface area contributed by atoms with E-state index in [-0.39, 0.29) is 31.1 Å². The van der Waals surface area contributed by atoms with Gasteiger partial charge >= 0.3 is 5.63 Å². The number of nitrogens with one attached hydrogen (secondary N) is 1. The fourth-order valence-electron chi connectivity index (χ4n) is 2.81. The summed E-state index contributed by atoms with van der Waals surface area (Å²) < 4.78 is 10.9. The number of ether oxygens (including phenoxy) is 1. The summed E-state index contributed by atoms with van der Waals surface area (Å²) in [5.74, 6) is 0.336. The van der Waals surface area contributed by atoms with Crippen molar-refractivity contribution in [3.63, 3.8) is 0 Å². The highest BCUT2D eigenvalue weighted by molar-refractivity contribution is 5.81. The highest BCUT2D eigenvalue weighted by atomic mass is 16.5. The molecule has 0 aliphatic rings. The molecule has 146 valence electrons. The first-order valence-electron chi connectivity index (χ1n) is 9.14. The summed E-state index contributed by atoms with van der Waals surface area (Å²) in [5, 5.41) is 12.8. The van der Waals surface area contributed by atoms with Crippen molar-refractivity contribution in [3.8, 4) is 16.9 Å². The van der Waals surface area contributed by atoms with Gasteiger partial charge in [-0.1, -0.05) is 44.2 Å². The van der Waals surface area contributed by atoms with Crippen LogP contribution >= 0.6 is 0 Å². The van der Waals surface area contributed by atoms with Crippen molar-refractivity contribution in [1.82, 2.24) is 5.32 Å². The molecule has 3 aromatic rings. The summed E-state index contributed by atoms with van der Waals surface area (Å²) in [5.41, 5.74) is 1.31. The van der Waals surface area contributed by atoms with E-state index in [1.807, 2.05) is 32.0 Å². The lowest BCUT2D eigenvalue weighted by atomic mass is 10.1. The van der Waals surface area contributed by atoms with Crippen LogP contribution in [0.3, 0.4) is 0 Å². The molecular formula is C22H23NO5. The Morgan fingerprint density at radius 1 is 1.14 bits per heavy atom. The lowest BCUT2D eigenvalue weighted by molar-refractivity contribution is -0.124. The molecule has 6 nitrogen and oxygen atoms in total. The van der Waals surface area contributed by atoms with Crippen molar-refractivity contribution < 1.29 is 19.1 Å². The van der Waals surface area contributed by atoms with Crippen LogP contribution in [0.25, 0.3) is 22.1 Å². The summed E-state index contributed by atoms with van der Waals surface area (Å²) in [6.45, 7) is 3.57. The summed E-state index contributed by atoms with van der Waals surface area (Å²) in [4.78, 5) is 24.2. The average Bonchev–Trinajstić information content (AvgIpc) is 2.70. The molecule has 2 N–H and O–H groups in total. The van der Waals surface area contributed by atoms with Gasteiger partial charge in [-0.05, 0) is 35.7 Å². The molecule has 2 aromatic carbocycles. The maximum atomic E-state index is 12.2. The number of hydrogen-bond donors (Lipinski definition) is 2. The zero-order chi connectivity index (χ0) is 20.1. The first kappa shape index (κ1) is 19.6. The molecule has 0 fully saturated rings. The number of hydrogen-bond acceptors (Lipinski definition) is 5. The molecule has 1 atom stereocenters. The van der Waals surface area contributed by atoms with E-state index < -0.39 is 5.63 Å². The van der Waals surface area contributed by atoms with Gasteiger partial charge < -0.3 is 19.6 Å². The highest BCUT2D eigenvalue weighted by Gasteiger charge is 2.15. The molecule has 3 rings (SSSR count). The van der Waals surface area contributed by atoms with Crippen LogP contribution in [0.4, 0.5) is 0 Å². The Bertz CT molecular complexity index is 1010. The monoisotopic (exact) mass is 381 g/mol. The van der Waals surface area contributed by atoms with Crippen LogP contribution in [-0.2, 0) is 4.79 Å². The zero-order valence-electron chi connectivity index (χ0n) is 15.8. The summed E-state index contributed by atoms with van der Waals surface area (Å²) in [6, 6.07) is 15.7. The minimum Gasteiger partial charge on any atom is -0.484 e. The topological polar surface area (TPSA) is 88.8 Å². The van der Waals surface area contributed by atoms with Crippen LogP contribution in [0.2, 0.25) is 0 Å². The Labute approximate surface area is 162 Å². The Balaban J connectivity index is 1.68. The van der Waals surface area contributed by atoms with Crippen LogP contribution in [0.15, 0.2) is 63.8 Å². The van der Waals surface area contributed by atoms with Crippen molar-refractivity contribution in [2.75, 3.05) is 13.2 Å². The van der Waals surface area contributed by atoms with Gasteiger partial charge in [0.1, 0.15) is 11.3 Å². The van der Waals surface area contributed by atoms with Crippen molar-refractivity contribution in [3.05, 3.63) is 65.0 Å². The molecule has 28 heavy (non-hydrogen) atoms. The first-order chi connectivity index (χ1) is 13.5. The molecule has 0 aliphatic carbocycles. The van der Waals surface area contributed by atoms with E-state index in [0.29, 0.717) is 22.5 Å². The fourth-order valence-corrected chi connectivity index (χ4v) is 2.81. The van der Waals surface area contributed by atoms with Crippen LogP contribution in [0.1, 0.15) is 13.8 Å². The summed E-state index contributed by atoms with van der Waals surface area (Å²) in [6.07, 6.45) is 0. The quantitative estimate of drug-likeness (QED) is 0.614. The molecule has 0 bridgehead atoms. The second-order valence-electron chi connectivity index (χ2n) is 6.90. The third-order valence-electron chi connectivity index (χ3n) is 4.52. The van der Waals surface area contributed by atoms with E-state index in [1.54, 1.807) is 36.4 Å². The zero-order valence-corrected chi connectivity index (χ0v) is 15.8. The van der Waals surface area contributed by atoms with Gasteiger partial charge in [0.15, 0.2) is 6.61 Å². The van der Waals surface area contributed by atoms with Crippen LogP contribution < -0.4 is 15.7 Å². The van der Waals surface area contributed by atoms with Crippen LogP contribution in [0.5, 0.6) is 5.75 Å². The van der Waals surface area contributed by atoms with E-state index >= 15 is 0 Å². The molecule has 6 heteroatoms. The van der Waals surface area contributed by atoms with Crippen molar-refractivity contribution in [2.24, 2.45) is 5.92 Å². The van der Waals surface area contributed by atoms with E-state index in [2.05, 4.69) is 5.32 Å². The molecule has 1 aromatic heterocycles. The van der Waals surface area contributed by atoms with Gasteiger partial charge in [-0.15, -0.1) is 0 Å². The third-order valence-corrected chi connectivity index (χ3v) is 4.52. The lowest BCUT2D eigenvalue weighted by Gasteiger charge is -2.19. The molecule has 0 aliphatic heterocycles. The number of carbonyl (C=O) groups is 1. The molecule has 0 spiro atoms. The largest absolute Gasteiger partial charge is 0.484 e. The normalized spacial score (nSPS) is 12.1. The molecule has 1 heterocycles. The molecule has 0 saturated carbocycles. The van der Waals surface area contributed by atoms with Crippen LogP contribution in [-0.4, -0.2) is 30.3 Å². The number of aliphatic hydroxyl groups excluding tert-OH is 1. The molecule has 0 radical (unpaired) electrons. The van der Waals surface area contributed by atoms with Gasteiger partial charge in [0.25, 0.3) is 5.91 Å². The summed E-state index contributed by atoms with van der Waals surface area (Å²) >= 11 is 0. The van der Waals surface area contributed by atoms with Gasteiger partial charge in [0.05, 0.1) is 18.2 Å². The van der Waals surface area contributed by atoms with E-state index in [9.17, 15) is 14.7 Å². The Morgan fingerprint density at radius 3 is 2.54 bits per heavy atom. The van der Waals surface area contributed by atoms with Crippen molar-refractivity contribution in [1.29, 1.82) is 0 Å². The number of para-hydroxylation sites is 1. The molecule has 0 unspecified atom stereocenters. The van der Waals surface area contributed by atoms with E-state index in [4.69, 9.17) is 9.15 Å². The van der Waals surface area contributed by atoms with Gasteiger partial charge in [-0.2, -0.15) is 0 Å². The number of carbonyl (C=O) groups excluding carboxylic acids is 1. The lowest BCUT2D eigenvalue weighted by Crippen LogP contribution is -2.43. The SMILES string of the molecule is CC(C)[C@H](CO)NC(=O)COc1ccc(-c2cc3ccccc3oc2=O)cc1. The number of aliphatic hydroxyl groups is 1. The minimum atomic E-state index is -0.407. The van der Waals surface area contributed by atoms with Crippen molar-refractivity contribution in [2.45, 2.75) is 19.9 Å². The minimum absolute atomic E-state index is 0.119. The first-order valence-corrected chi connectivity index (χ1v) is 9.14. The van der Waals surface area contributed by atoms with Gasteiger partial charge in [-0.3, -0.25) is 4.79 Å². The molecule has 1 amide bonds. The predicted octanol–water partition coefficient (Wildman–Crippen LogP) is 2.97. The van der Waals surface area contributed by atoms with E-state index in [1.165, 1.54) is 0 Å². The molecular weight excluding hydrogens is 358 g/mol. The third kappa shape index (κ3) is 4.58. The predicted molar refractivity (Wildman–Crippen MR) is 107 cm³/mol. The van der Waals surface area contributed by atoms with Crippen molar-refractivity contribution >= 4 is 16.9 Å². The Kier molecular flexibility index (Phi) is 6.11. The highest BCUT2D eigenvalue weighted by Crippen LogP contribution is 2.23. The maximum Gasteiger partial charge on any atom is 0.344 e.